The van der Waals surface area contributed by atoms with Crippen molar-refractivity contribution in [1.29, 1.82) is 0 Å². The van der Waals surface area contributed by atoms with Crippen molar-refractivity contribution in [2.75, 3.05) is 11.9 Å². The molecule has 18 heavy (non-hydrogen) atoms. The summed E-state index contributed by atoms with van der Waals surface area (Å²) in [7, 11) is 0. The minimum absolute atomic E-state index is 0.0966. The molecule has 0 bridgehead atoms. The number of nitro groups is 1. The van der Waals surface area contributed by atoms with E-state index in [4.69, 9.17) is 0 Å². The Labute approximate surface area is 101 Å². The van der Waals surface area contributed by atoms with Gasteiger partial charge in [-0.3, -0.25) is 15.1 Å². The van der Waals surface area contributed by atoms with Crippen LogP contribution in [-0.2, 0) is 0 Å². The summed E-state index contributed by atoms with van der Waals surface area (Å²) in [5.41, 5.74) is 0.574. The summed E-state index contributed by atoms with van der Waals surface area (Å²) in [5, 5.41) is 13.7. The second kappa shape index (κ2) is 4.91. The number of nitro benzene ring substituents is 1. The van der Waals surface area contributed by atoms with Crippen LogP contribution < -0.4 is 5.32 Å². The topological polar surface area (TPSA) is 68.1 Å². The number of anilines is 1. The van der Waals surface area contributed by atoms with E-state index in [1.807, 2.05) is 0 Å². The molecule has 0 fully saturated rings. The van der Waals surface area contributed by atoms with E-state index in [9.17, 15) is 18.9 Å². The first-order valence-electron chi connectivity index (χ1n) is 5.13. The van der Waals surface area contributed by atoms with E-state index < -0.39 is 17.9 Å². The highest BCUT2D eigenvalue weighted by molar-refractivity contribution is 5.96. The standard InChI is InChI=1S/C11H9F2N3O2/c12-10(13)6-15-8-3-4-9(16(17)18)7-2-1-5-14-11(7)8/h1-5,10,15H,6H2. The lowest BCUT2D eigenvalue weighted by Gasteiger charge is -2.08. The van der Waals surface area contributed by atoms with Crippen molar-refractivity contribution in [3.05, 3.63) is 40.6 Å². The molecular formula is C11H9F2N3O2. The van der Waals surface area contributed by atoms with Crippen molar-refractivity contribution in [2.45, 2.75) is 6.43 Å². The Morgan fingerprint density at radius 1 is 1.39 bits per heavy atom. The van der Waals surface area contributed by atoms with Crippen molar-refractivity contribution in [3.8, 4) is 0 Å². The fourth-order valence-electron chi connectivity index (χ4n) is 1.65. The fraction of sp³-hybridized carbons (Fsp3) is 0.182. The lowest BCUT2D eigenvalue weighted by atomic mass is 10.1. The number of pyridine rings is 1. The molecule has 2 rings (SSSR count). The number of rotatable bonds is 4. The largest absolute Gasteiger partial charge is 0.378 e. The maximum absolute atomic E-state index is 12.1. The Kier molecular flexibility index (Phi) is 3.31. The number of benzene rings is 1. The first-order valence-corrected chi connectivity index (χ1v) is 5.13. The molecule has 94 valence electrons. The maximum Gasteiger partial charge on any atom is 0.278 e. The number of nitrogens with zero attached hydrogens (tertiary/aromatic N) is 2. The van der Waals surface area contributed by atoms with Crippen molar-refractivity contribution in [1.82, 2.24) is 4.98 Å². The Morgan fingerprint density at radius 3 is 2.83 bits per heavy atom. The van der Waals surface area contributed by atoms with Gasteiger partial charge in [-0.1, -0.05) is 0 Å². The molecule has 1 aromatic carbocycles. The molecule has 0 aliphatic heterocycles. The minimum Gasteiger partial charge on any atom is -0.378 e. The SMILES string of the molecule is O=[N+]([O-])c1ccc(NCC(F)F)c2ncccc12. The van der Waals surface area contributed by atoms with Crippen LogP contribution in [0.15, 0.2) is 30.5 Å². The van der Waals surface area contributed by atoms with E-state index in [2.05, 4.69) is 10.3 Å². The zero-order valence-electron chi connectivity index (χ0n) is 9.14. The van der Waals surface area contributed by atoms with E-state index in [1.54, 1.807) is 6.07 Å². The van der Waals surface area contributed by atoms with Crippen LogP contribution in [0.1, 0.15) is 0 Å². The van der Waals surface area contributed by atoms with Gasteiger partial charge in [0.15, 0.2) is 0 Å². The number of hydrogen-bond donors (Lipinski definition) is 1. The first kappa shape index (κ1) is 12.2. The predicted octanol–water partition coefficient (Wildman–Crippen LogP) is 2.82. The molecular weight excluding hydrogens is 244 g/mol. The van der Waals surface area contributed by atoms with Crippen LogP contribution in [0.5, 0.6) is 0 Å². The quantitative estimate of drug-likeness (QED) is 0.672. The van der Waals surface area contributed by atoms with Gasteiger partial charge in [0.2, 0.25) is 0 Å². The second-order valence-corrected chi connectivity index (χ2v) is 3.56. The minimum atomic E-state index is -2.50. The first-order chi connectivity index (χ1) is 8.59. The summed E-state index contributed by atoms with van der Waals surface area (Å²) < 4.78 is 24.3. The second-order valence-electron chi connectivity index (χ2n) is 3.56. The van der Waals surface area contributed by atoms with Crippen LogP contribution in [0.25, 0.3) is 10.9 Å². The molecule has 0 aliphatic carbocycles. The molecule has 5 nitrogen and oxygen atoms in total. The summed E-state index contributed by atoms with van der Waals surface area (Å²) in [4.78, 5) is 14.3. The molecule has 0 atom stereocenters. The molecule has 0 saturated heterocycles. The van der Waals surface area contributed by atoms with Gasteiger partial charge >= 0.3 is 0 Å². The van der Waals surface area contributed by atoms with E-state index in [-0.39, 0.29) is 5.69 Å². The number of fused-ring (bicyclic) bond motifs is 1. The van der Waals surface area contributed by atoms with Gasteiger partial charge in [0.25, 0.3) is 12.1 Å². The van der Waals surface area contributed by atoms with Crippen LogP contribution in [0.4, 0.5) is 20.2 Å². The molecule has 0 unspecified atom stereocenters. The highest BCUT2D eigenvalue weighted by Gasteiger charge is 2.15. The average Bonchev–Trinajstić information content (AvgIpc) is 2.35. The highest BCUT2D eigenvalue weighted by atomic mass is 19.3. The maximum atomic E-state index is 12.1. The molecule has 0 saturated carbocycles. The highest BCUT2D eigenvalue weighted by Crippen LogP contribution is 2.29. The molecule has 0 radical (unpaired) electrons. The lowest BCUT2D eigenvalue weighted by molar-refractivity contribution is -0.383. The summed E-state index contributed by atoms with van der Waals surface area (Å²) in [6, 6.07) is 5.76. The zero-order chi connectivity index (χ0) is 13.1. The van der Waals surface area contributed by atoms with Gasteiger partial charge in [-0.05, 0) is 18.2 Å². The third kappa shape index (κ3) is 2.34. The van der Waals surface area contributed by atoms with Crippen molar-refractivity contribution < 1.29 is 13.7 Å². The molecule has 0 aliphatic rings. The van der Waals surface area contributed by atoms with Crippen LogP contribution in [-0.4, -0.2) is 22.9 Å². The summed E-state index contributed by atoms with van der Waals surface area (Å²) in [6.45, 7) is -0.524. The molecule has 1 aromatic heterocycles. The number of alkyl halides is 2. The molecule has 2 aromatic rings. The van der Waals surface area contributed by atoms with Gasteiger partial charge in [0, 0.05) is 12.3 Å². The summed E-state index contributed by atoms with van der Waals surface area (Å²) >= 11 is 0. The lowest BCUT2D eigenvalue weighted by Crippen LogP contribution is -2.10. The number of nitrogens with one attached hydrogen (secondary N) is 1. The van der Waals surface area contributed by atoms with E-state index >= 15 is 0 Å². The van der Waals surface area contributed by atoms with E-state index in [0.29, 0.717) is 16.6 Å². The number of hydrogen-bond acceptors (Lipinski definition) is 4. The van der Waals surface area contributed by atoms with Crippen molar-refractivity contribution in [2.24, 2.45) is 0 Å². The molecule has 1 heterocycles. The van der Waals surface area contributed by atoms with Crippen LogP contribution >= 0.6 is 0 Å². The normalized spacial score (nSPS) is 10.8. The van der Waals surface area contributed by atoms with Crippen LogP contribution in [0.3, 0.4) is 0 Å². The Hall–Kier alpha value is -2.31. The number of aromatic nitrogens is 1. The van der Waals surface area contributed by atoms with Gasteiger partial charge in [0.05, 0.1) is 22.5 Å². The Balaban J connectivity index is 2.50. The Bertz CT molecular complexity index is 590. The van der Waals surface area contributed by atoms with Crippen LogP contribution in [0.2, 0.25) is 0 Å². The van der Waals surface area contributed by atoms with Gasteiger partial charge in [-0.2, -0.15) is 0 Å². The molecule has 0 amide bonds. The average molecular weight is 253 g/mol. The third-order valence-electron chi connectivity index (χ3n) is 2.39. The van der Waals surface area contributed by atoms with Gasteiger partial charge in [-0.25, -0.2) is 8.78 Å². The van der Waals surface area contributed by atoms with E-state index in [1.165, 1.54) is 24.4 Å². The Morgan fingerprint density at radius 2 is 2.17 bits per heavy atom. The van der Waals surface area contributed by atoms with Gasteiger partial charge < -0.3 is 5.32 Å². The molecule has 0 spiro atoms. The summed E-state index contributed by atoms with van der Waals surface area (Å²) in [5.74, 6) is 0. The van der Waals surface area contributed by atoms with Crippen molar-refractivity contribution >= 4 is 22.3 Å². The summed E-state index contributed by atoms with van der Waals surface area (Å²) in [6.07, 6.45) is -1.04. The van der Waals surface area contributed by atoms with Gasteiger partial charge in [0.1, 0.15) is 5.52 Å². The van der Waals surface area contributed by atoms with E-state index in [0.717, 1.165) is 0 Å². The zero-order valence-corrected chi connectivity index (χ0v) is 9.14. The smallest absolute Gasteiger partial charge is 0.278 e. The third-order valence-corrected chi connectivity index (χ3v) is 2.39. The fourth-order valence-corrected chi connectivity index (χ4v) is 1.65. The predicted molar refractivity (Wildman–Crippen MR) is 62.9 cm³/mol. The molecule has 1 N–H and O–H groups in total. The number of non-ortho nitro benzene ring substituents is 1. The van der Waals surface area contributed by atoms with Crippen molar-refractivity contribution in [3.63, 3.8) is 0 Å². The van der Waals surface area contributed by atoms with Crippen LogP contribution in [0, 0.1) is 10.1 Å². The van der Waals surface area contributed by atoms with Gasteiger partial charge in [-0.15, -0.1) is 0 Å². The number of halogens is 2. The monoisotopic (exact) mass is 253 g/mol. The molecule has 7 heteroatoms.